The Hall–Kier alpha value is -0.550. The van der Waals surface area contributed by atoms with Crippen LogP contribution in [0.25, 0.3) is 0 Å². The first-order chi connectivity index (χ1) is 9.61. The van der Waals surface area contributed by atoms with Gasteiger partial charge in [-0.25, -0.2) is 0 Å². The molecule has 2 aromatic carbocycles. The summed E-state index contributed by atoms with van der Waals surface area (Å²) in [6.07, 6.45) is 0. The smallest absolute Gasteiger partial charge is 0.0744 e. The number of benzene rings is 2. The highest BCUT2D eigenvalue weighted by Gasteiger charge is 2.07. The Kier molecular flexibility index (Phi) is 5.90. The van der Waals surface area contributed by atoms with Crippen LogP contribution in [0.5, 0.6) is 0 Å². The number of halogens is 3. The van der Waals surface area contributed by atoms with Crippen LogP contribution in [0, 0.1) is 0 Å². The third-order valence-electron chi connectivity index (χ3n) is 2.89. The van der Waals surface area contributed by atoms with E-state index in [2.05, 4.69) is 37.2 Å². The highest BCUT2D eigenvalue weighted by Crippen LogP contribution is 2.27. The lowest BCUT2D eigenvalue weighted by Gasteiger charge is -2.14. The second-order valence-corrected chi connectivity index (χ2v) is 6.47. The normalized spacial score (nSPS) is 10.6. The molecule has 0 atom stereocenters. The van der Waals surface area contributed by atoms with Gasteiger partial charge in [-0.1, -0.05) is 55.6 Å². The molecule has 2 nitrogen and oxygen atoms in total. The second-order valence-electron chi connectivity index (χ2n) is 4.29. The Morgan fingerprint density at radius 2 is 2.00 bits per heavy atom. The van der Waals surface area contributed by atoms with Crippen molar-refractivity contribution >= 4 is 49.1 Å². The van der Waals surface area contributed by atoms with Gasteiger partial charge in [-0.3, -0.25) is 0 Å². The molecule has 0 amide bonds. The molecule has 0 fully saturated rings. The van der Waals surface area contributed by atoms with E-state index in [1.54, 1.807) is 7.11 Å². The SMILES string of the molecule is COCc1c(Br)cccc1NCc1ccc(Br)cc1Cl. The van der Waals surface area contributed by atoms with Crippen molar-refractivity contribution in [1.29, 1.82) is 0 Å². The quantitative estimate of drug-likeness (QED) is 0.679. The molecule has 20 heavy (non-hydrogen) atoms. The second kappa shape index (κ2) is 7.46. The van der Waals surface area contributed by atoms with E-state index in [-0.39, 0.29) is 0 Å². The molecule has 1 N–H and O–H groups in total. The van der Waals surface area contributed by atoms with Crippen LogP contribution in [0.3, 0.4) is 0 Å². The predicted octanol–water partition coefficient (Wildman–Crippen LogP) is 5.62. The van der Waals surface area contributed by atoms with Crippen molar-refractivity contribution in [3.8, 4) is 0 Å². The van der Waals surface area contributed by atoms with E-state index in [1.165, 1.54) is 0 Å². The molecule has 0 saturated carbocycles. The Morgan fingerprint density at radius 3 is 2.70 bits per heavy atom. The molecule has 106 valence electrons. The van der Waals surface area contributed by atoms with E-state index < -0.39 is 0 Å². The third-order valence-corrected chi connectivity index (χ3v) is 4.48. The average molecular weight is 420 g/mol. The van der Waals surface area contributed by atoms with Crippen molar-refractivity contribution in [1.82, 2.24) is 0 Å². The Labute approximate surface area is 140 Å². The first-order valence-corrected chi connectivity index (χ1v) is 8.02. The number of rotatable bonds is 5. The lowest BCUT2D eigenvalue weighted by molar-refractivity contribution is 0.185. The lowest BCUT2D eigenvalue weighted by atomic mass is 10.1. The molecule has 5 heteroatoms. The molecule has 0 aliphatic heterocycles. The van der Waals surface area contributed by atoms with Gasteiger partial charge in [0, 0.05) is 38.9 Å². The van der Waals surface area contributed by atoms with Crippen LogP contribution < -0.4 is 5.32 Å². The fourth-order valence-electron chi connectivity index (χ4n) is 1.87. The number of nitrogens with one attached hydrogen (secondary N) is 1. The van der Waals surface area contributed by atoms with Crippen molar-refractivity contribution in [2.45, 2.75) is 13.2 Å². The van der Waals surface area contributed by atoms with E-state index in [0.717, 1.165) is 30.8 Å². The highest BCUT2D eigenvalue weighted by molar-refractivity contribution is 9.10. The van der Waals surface area contributed by atoms with E-state index >= 15 is 0 Å². The molecule has 0 aromatic heterocycles. The van der Waals surface area contributed by atoms with Gasteiger partial charge in [0.1, 0.15) is 0 Å². The Bertz CT molecular complexity index is 604. The third kappa shape index (κ3) is 3.98. The van der Waals surface area contributed by atoms with Crippen LogP contribution in [0.4, 0.5) is 5.69 Å². The van der Waals surface area contributed by atoms with Crippen molar-refractivity contribution in [2.24, 2.45) is 0 Å². The maximum atomic E-state index is 6.22. The molecular weight excluding hydrogens is 405 g/mol. The number of ether oxygens (including phenoxy) is 1. The molecular formula is C15H14Br2ClNO. The van der Waals surface area contributed by atoms with Gasteiger partial charge in [-0.15, -0.1) is 0 Å². The molecule has 0 unspecified atom stereocenters. The monoisotopic (exact) mass is 417 g/mol. The summed E-state index contributed by atoms with van der Waals surface area (Å²) in [7, 11) is 1.69. The summed E-state index contributed by atoms with van der Waals surface area (Å²) in [5.74, 6) is 0. The van der Waals surface area contributed by atoms with E-state index in [0.29, 0.717) is 13.2 Å². The van der Waals surface area contributed by atoms with Crippen molar-refractivity contribution in [3.05, 3.63) is 61.5 Å². The standard InChI is InChI=1S/C15H14Br2ClNO/c1-20-9-12-13(17)3-2-4-15(12)19-8-10-5-6-11(16)7-14(10)18/h2-7,19H,8-9H2,1H3. The molecule has 0 spiro atoms. The Morgan fingerprint density at radius 1 is 1.20 bits per heavy atom. The van der Waals surface area contributed by atoms with Crippen molar-refractivity contribution in [3.63, 3.8) is 0 Å². The fourth-order valence-corrected chi connectivity index (χ4v) is 3.09. The van der Waals surface area contributed by atoms with Crippen molar-refractivity contribution < 1.29 is 4.74 Å². The molecule has 0 radical (unpaired) electrons. The summed E-state index contributed by atoms with van der Waals surface area (Å²) in [5, 5.41) is 4.15. The molecule has 2 aromatic rings. The summed E-state index contributed by atoms with van der Waals surface area (Å²) >= 11 is 13.2. The van der Waals surface area contributed by atoms with Crippen molar-refractivity contribution in [2.75, 3.05) is 12.4 Å². The minimum Gasteiger partial charge on any atom is -0.381 e. The van der Waals surface area contributed by atoms with Crippen LogP contribution in [0.1, 0.15) is 11.1 Å². The molecule has 0 heterocycles. The first-order valence-electron chi connectivity index (χ1n) is 6.06. The molecule has 0 saturated heterocycles. The number of hydrogen-bond donors (Lipinski definition) is 1. The lowest BCUT2D eigenvalue weighted by Crippen LogP contribution is -2.04. The summed E-state index contributed by atoms with van der Waals surface area (Å²) in [6, 6.07) is 11.9. The zero-order valence-corrected chi connectivity index (χ0v) is 14.8. The van der Waals surface area contributed by atoms with Gasteiger partial charge < -0.3 is 10.1 Å². The van der Waals surface area contributed by atoms with Gasteiger partial charge in [0.05, 0.1) is 6.61 Å². The summed E-state index contributed by atoms with van der Waals surface area (Å²) in [5.41, 5.74) is 3.20. The molecule has 0 aliphatic carbocycles. The number of hydrogen-bond acceptors (Lipinski definition) is 2. The van der Waals surface area contributed by atoms with Crippen LogP contribution in [0.15, 0.2) is 45.3 Å². The minimum absolute atomic E-state index is 0.553. The van der Waals surface area contributed by atoms with Gasteiger partial charge >= 0.3 is 0 Å². The molecule has 0 bridgehead atoms. The molecule has 0 aliphatic rings. The summed E-state index contributed by atoms with van der Waals surface area (Å²) in [4.78, 5) is 0. The topological polar surface area (TPSA) is 21.3 Å². The first kappa shape index (κ1) is 15.8. The van der Waals surface area contributed by atoms with Crippen LogP contribution in [-0.2, 0) is 17.9 Å². The number of anilines is 1. The summed E-state index contributed by atoms with van der Waals surface area (Å²) in [6.45, 7) is 1.22. The highest BCUT2D eigenvalue weighted by atomic mass is 79.9. The van der Waals surface area contributed by atoms with E-state index in [4.69, 9.17) is 16.3 Å². The minimum atomic E-state index is 0.553. The zero-order chi connectivity index (χ0) is 14.5. The molecule has 2 rings (SSSR count). The van der Waals surface area contributed by atoms with Gasteiger partial charge in [-0.2, -0.15) is 0 Å². The van der Waals surface area contributed by atoms with Gasteiger partial charge in [0.15, 0.2) is 0 Å². The summed E-state index contributed by atoms with van der Waals surface area (Å²) < 4.78 is 7.25. The van der Waals surface area contributed by atoms with Crippen LogP contribution in [0.2, 0.25) is 5.02 Å². The largest absolute Gasteiger partial charge is 0.381 e. The zero-order valence-electron chi connectivity index (χ0n) is 10.9. The van der Waals surface area contributed by atoms with E-state index in [1.807, 2.05) is 36.4 Å². The van der Waals surface area contributed by atoms with Crippen LogP contribution in [-0.4, -0.2) is 7.11 Å². The van der Waals surface area contributed by atoms with Gasteiger partial charge in [0.25, 0.3) is 0 Å². The van der Waals surface area contributed by atoms with Gasteiger partial charge in [0.2, 0.25) is 0 Å². The fraction of sp³-hybridized carbons (Fsp3) is 0.200. The Balaban J connectivity index is 2.16. The maximum Gasteiger partial charge on any atom is 0.0744 e. The van der Waals surface area contributed by atoms with Gasteiger partial charge in [-0.05, 0) is 29.8 Å². The average Bonchev–Trinajstić information content (AvgIpc) is 2.41. The predicted molar refractivity (Wildman–Crippen MR) is 91.3 cm³/mol. The number of methoxy groups -OCH3 is 1. The maximum absolute atomic E-state index is 6.22. The van der Waals surface area contributed by atoms with Crippen LogP contribution >= 0.6 is 43.5 Å². The van der Waals surface area contributed by atoms with E-state index in [9.17, 15) is 0 Å².